The molecule has 0 fully saturated rings. The van der Waals surface area contributed by atoms with Crippen molar-refractivity contribution in [3.05, 3.63) is 10.8 Å². The number of rotatable bonds is 8. The molecule has 1 unspecified atom stereocenters. The molecule has 1 aromatic rings. The molecular formula is C9H15BrN4O3S. The molecule has 3 N–H and O–H groups in total. The molecule has 9 heteroatoms. The molecule has 1 heterocycles. The van der Waals surface area contributed by atoms with E-state index in [0.29, 0.717) is 16.8 Å². The van der Waals surface area contributed by atoms with Crippen LogP contribution in [0.1, 0.15) is 13.3 Å². The van der Waals surface area contributed by atoms with Crippen molar-refractivity contribution in [1.29, 1.82) is 0 Å². The number of hydrogen-bond donors (Lipinski definition) is 3. The minimum absolute atomic E-state index is 0.108. The van der Waals surface area contributed by atoms with Crippen molar-refractivity contribution in [2.24, 2.45) is 0 Å². The molecule has 0 aliphatic heterocycles. The van der Waals surface area contributed by atoms with Crippen LogP contribution in [0, 0.1) is 0 Å². The van der Waals surface area contributed by atoms with Gasteiger partial charge >= 0.3 is 0 Å². The number of aliphatic hydroxyl groups excluding tert-OH is 1. The second-order valence-electron chi connectivity index (χ2n) is 3.18. The van der Waals surface area contributed by atoms with Crippen LogP contribution in [0.25, 0.3) is 0 Å². The molecule has 18 heavy (non-hydrogen) atoms. The lowest BCUT2D eigenvalue weighted by Crippen LogP contribution is -2.24. The zero-order chi connectivity index (χ0) is 13.4. The quantitative estimate of drug-likeness (QED) is 0.645. The molecule has 0 saturated heterocycles. The lowest BCUT2D eigenvalue weighted by molar-refractivity contribution is 0.196. The molecule has 102 valence electrons. The Balaban J connectivity index is 2.68. The van der Waals surface area contributed by atoms with Crippen molar-refractivity contribution in [3.63, 3.8) is 0 Å². The third-order valence-electron chi connectivity index (χ3n) is 1.76. The maximum absolute atomic E-state index is 11.6. The number of hydrogen-bond acceptors (Lipinski definition) is 5. The summed E-state index contributed by atoms with van der Waals surface area (Å²) in [5.41, 5.74) is 0. The van der Waals surface area contributed by atoms with Crippen molar-refractivity contribution >= 4 is 32.9 Å². The molecule has 0 aromatic carbocycles. The first-order valence-electron chi connectivity index (χ1n) is 5.35. The molecule has 0 spiro atoms. The van der Waals surface area contributed by atoms with Crippen molar-refractivity contribution < 1.29 is 14.1 Å². The molecule has 0 amide bonds. The highest BCUT2D eigenvalue weighted by atomic mass is 79.9. The van der Waals surface area contributed by atoms with Crippen molar-refractivity contribution in [1.82, 2.24) is 14.7 Å². The molecular weight excluding hydrogens is 324 g/mol. The van der Waals surface area contributed by atoms with E-state index in [-0.39, 0.29) is 19.1 Å². The predicted molar refractivity (Wildman–Crippen MR) is 72.4 cm³/mol. The van der Waals surface area contributed by atoms with Gasteiger partial charge in [0, 0.05) is 6.54 Å². The summed E-state index contributed by atoms with van der Waals surface area (Å²) in [6.07, 6.45) is 2.17. The Morgan fingerprint density at radius 2 is 2.33 bits per heavy atom. The van der Waals surface area contributed by atoms with Crippen LogP contribution in [-0.4, -0.2) is 39.0 Å². The number of anilines is 1. The number of ether oxygens (including phenoxy) is 1. The summed E-state index contributed by atoms with van der Waals surface area (Å²) in [5.74, 6) is 0.647. The minimum atomic E-state index is -1.42. The van der Waals surface area contributed by atoms with Gasteiger partial charge in [-0.2, -0.15) is 0 Å². The maximum Gasteiger partial charge on any atom is 0.233 e. The van der Waals surface area contributed by atoms with Gasteiger partial charge in [-0.25, -0.2) is 18.9 Å². The summed E-state index contributed by atoms with van der Waals surface area (Å²) in [4.78, 5) is 7.85. The van der Waals surface area contributed by atoms with Gasteiger partial charge in [-0.15, -0.1) is 0 Å². The van der Waals surface area contributed by atoms with Gasteiger partial charge in [0.2, 0.25) is 5.88 Å². The van der Waals surface area contributed by atoms with Crippen molar-refractivity contribution in [3.8, 4) is 5.88 Å². The Bertz CT molecular complexity index is 407. The normalized spacial score (nSPS) is 12.2. The van der Waals surface area contributed by atoms with E-state index in [9.17, 15) is 4.21 Å². The average molecular weight is 339 g/mol. The highest BCUT2D eigenvalue weighted by Gasteiger charge is 2.11. The fourth-order valence-corrected chi connectivity index (χ4v) is 2.33. The van der Waals surface area contributed by atoms with Crippen LogP contribution in [0.2, 0.25) is 0 Å². The van der Waals surface area contributed by atoms with Gasteiger partial charge in [0.25, 0.3) is 0 Å². The van der Waals surface area contributed by atoms with E-state index in [1.165, 1.54) is 6.33 Å². The fourth-order valence-electron chi connectivity index (χ4n) is 0.986. The molecule has 1 atom stereocenters. The molecule has 7 nitrogen and oxygen atoms in total. The Morgan fingerprint density at radius 3 is 3.00 bits per heavy atom. The van der Waals surface area contributed by atoms with Crippen LogP contribution in [-0.2, 0) is 11.2 Å². The number of nitrogens with one attached hydrogen (secondary N) is 2. The second-order valence-corrected chi connectivity index (χ2v) is 5.00. The number of halogens is 1. The van der Waals surface area contributed by atoms with Crippen LogP contribution >= 0.6 is 15.9 Å². The molecule has 0 saturated carbocycles. The lowest BCUT2D eigenvalue weighted by Gasteiger charge is -2.10. The van der Waals surface area contributed by atoms with Gasteiger partial charge in [-0.05, 0) is 22.4 Å². The second kappa shape index (κ2) is 8.35. The van der Waals surface area contributed by atoms with Gasteiger partial charge in [-0.1, -0.05) is 6.92 Å². The molecule has 1 rings (SSSR count). The first kappa shape index (κ1) is 15.3. The highest BCUT2D eigenvalue weighted by molar-refractivity contribution is 9.10. The van der Waals surface area contributed by atoms with Gasteiger partial charge in [0.15, 0.2) is 17.0 Å². The Kier molecular flexibility index (Phi) is 7.09. The average Bonchev–Trinajstić information content (AvgIpc) is 2.37. The number of nitrogens with zero attached hydrogens (tertiary/aromatic N) is 2. The van der Waals surface area contributed by atoms with E-state index in [1.807, 2.05) is 6.92 Å². The number of aromatic nitrogens is 2. The van der Waals surface area contributed by atoms with Crippen LogP contribution in [0.5, 0.6) is 5.88 Å². The Morgan fingerprint density at radius 1 is 1.56 bits per heavy atom. The SMILES string of the molecule is CCCNS(=O)Nc1ncnc(OCCO)c1Br. The third-order valence-corrected chi connectivity index (χ3v) is 3.32. The van der Waals surface area contributed by atoms with Crippen LogP contribution in [0.3, 0.4) is 0 Å². The van der Waals surface area contributed by atoms with Gasteiger partial charge < -0.3 is 9.84 Å². The van der Waals surface area contributed by atoms with E-state index in [1.54, 1.807) is 0 Å². The zero-order valence-electron chi connectivity index (χ0n) is 9.85. The molecule has 0 aliphatic carbocycles. The minimum Gasteiger partial charge on any atom is -0.474 e. The van der Waals surface area contributed by atoms with Gasteiger partial charge in [0.1, 0.15) is 17.4 Å². The summed E-state index contributed by atoms with van der Waals surface area (Å²) in [5, 5.41) is 8.67. The zero-order valence-corrected chi connectivity index (χ0v) is 12.3. The highest BCUT2D eigenvalue weighted by Crippen LogP contribution is 2.28. The molecule has 0 aliphatic rings. The summed E-state index contributed by atoms with van der Waals surface area (Å²) >= 11 is 1.83. The molecule has 1 aromatic heterocycles. The van der Waals surface area contributed by atoms with E-state index >= 15 is 0 Å². The topological polar surface area (TPSA) is 96.4 Å². The summed E-state index contributed by atoms with van der Waals surface area (Å²) in [7, 11) is 0. The molecule has 0 radical (unpaired) electrons. The van der Waals surface area contributed by atoms with E-state index in [0.717, 1.165) is 6.42 Å². The maximum atomic E-state index is 11.6. The van der Waals surface area contributed by atoms with Gasteiger partial charge in [0.05, 0.1) is 6.61 Å². The fraction of sp³-hybridized carbons (Fsp3) is 0.556. The lowest BCUT2D eigenvalue weighted by atomic mass is 10.5. The standard InChI is InChI=1S/C9H15BrN4O3S/c1-2-3-13-18(16)14-8-7(10)9(12-6-11-8)17-5-4-15/h6,13,15H,2-5H2,1H3,(H,11,12,14). The largest absolute Gasteiger partial charge is 0.474 e. The molecule has 0 bridgehead atoms. The van der Waals surface area contributed by atoms with E-state index in [2.05, 4.69) is 35.3 Å². The monoisotopic (exact) mass is 338 g/mol. The Labute approximate surface area is 116 Å². The summed E-state index contributed by atoms with van der Waals surface area (Å²) < 4.78 is 22.7. The van der Waals surface area contributed by atoms with Crippen molar-refractivity contribution in [2.75, 3.05) is 24.5 Å². The van der Waals surface area contributed by atoms with Crippen LogP contribution in [0.4, 0.5) is 5.82 Å². The first-order valence-corrected chi connectivity index (χ1v) is 7.29. The van der Waals surface area contributed by atoms with Crippen LogP contribution < -0.4 is 14.2 Å². The number of aliphatic hydroxyl groups is 1. The first-order chi connectivity index (χ1) is 8.69. The predicted octanol–water partition coefficient (Wildman–Crippen LogP) is 0.600. The third kappa shape index (κ3) is 4.84. The Hall–Kier alpha value is -0.770. The van der Waals surface area contributed by atoms with E-state index < -0.39 is 11.2 Å². The van der Waals surface area contributed by atoms with E-state index in [4.69, 9.17) is 9.84 Å². The summed E-state index contributed by atoms with van der Waals surface area (Å²) in [6, 6.07) is 0. The summed E-state index contributed by atoms with van der Waals surface area (Å²) in [6.45, 7) is 2.64. The van der Waals surface area contributed by atoms with Crippen LogP contribution in [0.15, 0.2) is 10.8 Å². The van der Waals surface area contributed by atoms with Gasteiger partial charge in [-0.3, -0.25) is 4.72 Å². The van der Waals surface area contributed by atoms with Crippen molar-refractivity contribution in [2.45, 2.75) is 13.3 Å². The smallest absolute Gasteiger partial charge is 0.233 e.